The van der Waals surface area contributed by atoms with Gasteiger partial charge in [-0.25, -0.2) is 4.39 Å². The fraction of sp³-hybridized carbons (Fsp3) is 0.346. The molecule has 184 valence electrons. The molecule has 4 rings (SSSR count). The average molecular weight is 483 g/mol. The van der Waals surface area contributed by atoms with Crippen LogP contribution < -0.4 is 14.9 Å². The van der Waals surface area contributed by atoms with Crippen molar-refractivity contribution in [2.75, 3.05) is 26.3 Å². The third-order valence-electron chi connectivity index (χ3n) is 5.79. The number of carbonyl (C=O) groups is 2. The van der Waals surface area contributed by atoms with E-state index in [9.17, 15) is 18.8 Å². The second-order valence-corrected chi connectivity index (χ2v) is 8.23. The van der Waals surface area contributed by atoms with E-state index in [2.05, 4.69) is 0 Å². The second-order valence-electron chi connectivity index (χ2n) is 8.23. The Kier molecular flexibility index (Phi) is 7.33. The number of piperidine rings is 1. The van der Waals surface area contributed by atoms with E-state index >= 15 is 0 Å². The van der Waals surface area contributed by atoms with Crippen molar-refractivity contribution in [1.29, 1.82) is 0 Å². The lowest BCUT2D eigenvalue weighted by Crippen LogP contribution is -2.44. The van der Waals surface area contributed by atoms with Crippen molar-refractivity contribution < 1.29 is 32.6 Å². The minimum absolute atomic E-state index is 0.0800. The maximum absolute atomic E-state index is 14.0. The number of hydrogen-bond acceptors (Lipinski definition) is 7. The molecule has 1 aromatic heterocycles. The van der Waals surface area contributed by atoms with Crippen molar-refractivity contribution >= 4 is 22.8 Å². The lowest BCUT2D eigenvalue weighted by atomic mass is 9.98. The third-order valence-corrected chi connectivity index (χ3v) is 5.79. The maximum atomic E-state index is 14.0. The van der Waals surface area contributed by atoms with Crippen molar-refractivity contribution in [3.8, 4) is 17.2 Å². The summed E-state index contributed by atoms with van der Waals surface area (Å²) in [5, 5.41) is 0.230. The van der Waals surface area contributed by atoms with Crippen molar-refractivity contribution in [2.24, 2.45) is 5.92 Å². The number of aryl methyl sites for hydroxylation is 1. The van der Waals surface area contributed by atoms with Gasteiger partial charge in [0.15, 0.2) is 18.2 Å². The Balaban J connectivity index is 1.45. The summed E-state index contributed by atoms with van der Waals surface area (Å²) in [6.45, 7) is 4.23. The topological polar surface area (TPSA) is 95.3 Å². The van der Waals surface area contributed by atoms with Crippen molar-refractivity contribution in [1.82, 2.24) is 4.90 Å². The minimum atomic E-state index is -0.595. The predicted octanol–water partition coefficient (Wildman–Crippen LogP) is 4.21. The van der Waals surface area contributed by atoms with Crippen LogP contribution in [0.25, 0.3) is 11.0 Å². The first-order valence-corrected chi connectivity index (χ1v) is 11.4. The van der Waals surface area contributed by atoms with Gasteiger partial charge in [-0.3, -0.25) is 14.4 Å². The molecule has 1 unspecified atom stereocenters. The molecular formula is C26H26FNO7. The van der Waals surface area contributed by atoms with Crippen LogP contribution in [0.2, 0.25) is 0 Å². The van der Waals surface area contributed by atoms with Gasteiger partial charge in [-0.2, -0.15) is 0 Å². The van der Waals surface area contributed by atoms with Crippen LogP contribution in [0.5, 0.6) is 17.2 Å². The van der Waals surface area contributed by atoms with Crippen molar-refractivity contribution in [2.45, 2.75) is 26.7 Å². The van der Waals surface area contributed by atoms with Crippen LogP contribution in [0.15, 0.2) is 51.7 Å². The number of esters is 1. The smallest absolute Gasteiger partial charge is 0.310 e. The second kappa shape index (κ2) is 10.6. The molecule has 0 N–H and O–H groups in total. The summed E-state index contributed by atoms with van der Waals surface area (Å²) in [6, 6.07) is 10.3. The SMILES string of the molecule is CCOC(=O)C1CCCN(C(=O)COc2ccc3c(=O)c(Oc4ccccc4F)c(C)oc3c2)C1. The molecule has 2 heterocycles. The molecule has 9 heteroatoms. The van der Waals surface area contributed by atoms with Gasteiger partial charge >= 0.3 is 5.97 Å². The van der Waals surface area contributed by atoms with E-state index in [1.165, 1.54) is 30.3 Å². The predicted molar refractivity (Wildman–Crippen MR) is 125 cm³/mol. The van der Waals surface area contributed by atoms with Gasteiger partial charge in [-0.05, 0) is 51.0 Å². The zero-order valence-corrected chi connectivity index (χ0v) is 19.5. The fourth-order valence-corrected chi connectivity index (χ4v) is 4.01. The summed E-state index contributed by atoms with van der Waals surface area (Å²) in [6.07, 6.45) is 1.40. The molecule has 0 bridgehead atoms. The lowest BCUT2D eigenvalue weighted by Gasteiger charge is -2.31. The quantitative estimate of drug-likeness (QED) is 0.465. The van der Waals surface area contributed by atoms with Gasteiger partial charge in [0.1, 0.15) is 17.1 Å². The number of fused-ring (bicyclic) bond motifs is 1. The first kappa shape index (κ1) is 24.3. The van der Waals surface area contributed by atoms with Crippen LogP contribution in [0, 0.1) is 18.7 Å². The molecule has 8 nitrogen and oxygen atoms in total. The van der Waals surface area contributed by atoms with Crippen LogP contribution in [0.3, 0.4) is 0 Å². The first-order chi connectivity index (χ1) is 16.9. The van der Waals surface area contributed by atoms with Crippen LogP contribution in [-0.2, 0) is 14.3 Å². The van der Waals surface area contributed by atoms with Crippen LogP contribution in [-0.4, -0.2) is 43.1 Å². The summed E-state index contributed by atoms with van der Waals surface area (Å²) in [7, 11) is 0. The largest absolute Gasteiger partial charge is 0.484 e. The Hall–Kier alpha value is -3.88. The van der Waals surface area contributed by atoms with Gasteiger partial charge in [-0.1, -0.05) is 12.1 Å². The molecule has 1 fully saturated rings. The summed E-state index contributed by atoms with van der Waals surface area (Å²) in [5.74, 6) is -1.12. The van der Waals surface area contributed by atoms with Crippen molar-refractivity contribution in [3.05, 3.63) is 64.3 Å². The number of rotatable bonds is 7. The van der Waals surface area contributed by atoms with Gasteiger partial charge in [-0.15, -0.1) is 0 Å². The maximum Gasteiger partial charge on any atom is 0.310 e. The van der Waals surface area contributed by atoms with Crippen molar-refractivity contribution in [3.63, 3.8) is 0 Å². The van der Waals surface area contributed by atoms with Gasteiger partial charge in [0.25, 0.3) is 5.91 Å². The molecule has 2 aromatic carbocycles. The molecule has 1 aliphatic heterocycles. The van der Waals surface area contributed by atoms with Gasteiger partial charge in [0.2, 0.25) is 11.2 Å². The monoisotopic (exact) mass is 483 g/mol. The fourth-order valence-electron chi connectivity index (χ4n) is 4.01. The molecule has 0 spiro atoms. The highest BCUT2D eigenvalue weighted by Crippen LogP contribution is 2.28. The van der Waals surface area contributed by atoms with E-state index in [4.69, 9.17) is 18.6 Å². The first-order valence-electron chi connectivity index (χ1n) is 11.4. The molecule has 0 aliphatic carbocycles. The lowest BCUT2D eigenvalue weighted by molar-refractivity contribution is -0.151. The number of hydrogen-bond donors (Lipinski definition) is 0. The van der Waals surface area contributed by atoms with E-state index < -0.39 is 11.2 Å². The normalized spacial score (nSPS) is 15.6. The number of amides is 1. The Labute approximate surface area is 201 Å². The summed E-state index contributed by atoms with van der Waals surface area (Å²) < 4.78 is 35.9. The van der Waals surface area contributed by atoms with Gasteiger partial charge in [0.05, 0.1) is 17.9 Å². The molecular weight excluding hydrogens is 457 g/mol. The Morgan fingerprint density at radius 2 is 2.00 bits per heavy atom. The number of para-hydroxylation sites is 1. The number of likely N-dealkylation sites (tertiary alicyclic amines) is 1. The van der Waals surface area contributed by atoms with Crippen LogP contribution in [0.1, 0.15) is 25.5 Å². The molecule has 1 saturated heterocycles. The zero-order chi connectivity index (χ0) is 24.9. The highest BCUT2D eigenvalue weighted by atomic mass is 19.1. The van der Waals surface area contributed by atoms with E-state index in [-0.39, 0.29) is 52.6 Å². The Bertz CT molecular complexity index is 1300. The number of halogens is 1. The van der Waals surface area contributed by atoms with E-state index in [1.54, 1.807) is 30.9 Å². The molecule has 1 amide bonds. The third kappa shape index (κ3) is 5.45. The summed E-state index contributed by atoms with van der Waals surface area (Å²) >= 11 is 0. The summed E-state index contributed by atoms with van der Waals surface area (Å²) in [5.41, 5.74) is -0.202. The van der Waals surface area contributed by atoms with Crippen LogP contribution >= 0.6 is 0 Å². The van der Waals surface area contributed by atoms with Gasteiger partial charge < -0.3 is 23.5 Å². The van der Waals surface area contributed by atoms with Crippen LogP contribution in [0.4, 0.5) is 4.39 Å². The number of nitrogens with zero attached hydrogens (tertiary/aromatic N) is 1. The molecule has 3 aromatic rings. The minimum Gasteiger partial charge on any atom is -0.484 e. The Morgan fingerprint density at radius 1 is 1.20 bits per heavy atom. The zero-order valence-electron chi connectivity index (χ0n) is 19.5. The van der Waals surface area contributed by atoms with E-state index in [0.29, 0.717) is 38.3 Å². The number of ether oxygens (including phenoxy) is 3. The average Bonchev–Trinajstić information content (AvgIpc) is 2.86. The Morgan fingerprint density at radius 3 is 2.77 bits per heavy atom. The number of benzene rings is 2. The van der Waals surface area contributed by atoms with Gasteiger partial charge in [0, 0.05) is 19.2 Å². The number of carbonyl (C=O) groups excluding carboxylic acids is 2. The summed E-state index contributed by atoms with van der Waals surface area (Å²) in [4.78, 5) is 39.2. The molecule has 1 aliphatic rings. The van der Waals surface area contributed by atoms with E-state index in [1.807, 2.05) is 0 Å². The molecule has 35 heavy (non-hydrogen) atoms. The highest BCUT2D eigenvalue weighted by molar-refractivity contribution is 5.81. The van der Waals surface area contributed by atoms with E-state index in [0.717, 1.165) is 0 Å². The molecule has 0 saturated carbocycles. The standard InChI is InChI=1S/C26H26FNO7/c1-3-32-26(31)17-7-6-12-28(14-17)23(29)15-33-18-10-11-19-22(13-18)34-16(2)25(24(19)30)35-21-9-5-4-8-20(21)27/h4-5,8-11,13,17H,3,6-7,12,14-15H2,1-2H3. The molecule has 1 atom stereocenters. The molecule has 0 radical (unpaired) electrons. The highest BCUT2D eigenvalue weighted by Gasteiger charge is 2.29.